The summed E-state index contributed by atoms with van der Waals surface area (Å²) in [6.07, 6.45) is 1.12. The summed E-state index contributed by atoms with van der Waals surface area (Å²) in [6, 6.07) is 17.3. The summed E-state index contributed by atoms with van der Waals surface area (Å²) in [6.45, 7) is 4.05. The number of para-hydroxylation sites is 1. The van der Waals surface area contributed by atoms with Crippen molar-refractivity contribution in [2.45, 2.75) is 32.8 Å². The average molecular weight is 283 g/mol. The molecular weight excluding hydrogens is 262 g/mol. The highest BCUT2D eigenvalue weighted by Gasteiger charge is 2.18. The average Bonchev–Trinajstić information content (AvgIpc) is 2.54. The normalized spacial score (nSPS) is 11.7. The van der Waals surface area contributed by atoms with E-state index in [9.17, 15) is 4.79 Å². The third-order valence-electron chi connectivity index (χ3n) is 3.31. The van der Waals surface area contributed by atoms with E-state index in [1.54, 1.807) is 0 Å². The number of carbonyl (C=O) groups excluding carboxylic acids is 1. The highest BCUT2D eigenvalue weighted by molar-refractivity contribution is 5.94. The number of ether oxygens (including phenoxy) is 1. The lowest BCUT2D eigenvalue weighted by Crippen LogP contribution is -2.32. The molecule has 3 heteroatoms. The first-order chi connectivity index (χ1) is 10.2. The molecule has 1 atom stereocenters. The van der Waals surface area contributed by atoms with E-state index >= 15 is 0 Å². The van der Waals surface area contributed by atoms with E-state index in [0.717, 1.165) is 17.9 Å². The van der Waals surface area contributed by atoms with Crippen molar-refractivity contribution in [2.75, 3.05) is 5.32 Å². The molecule has 0 radical (unpaired) electrons. The molecule has 1 N–H and O–H groups in total. The summed E-state index contributed by atoms with van der Waals surface area (Å²) in [7, 11) is 0. The van der Waals surface area contributed by atoms with Gasteiger partial charge in [0.15, 0.2) is 6.10 Å². The number of amides is 1. The van der Waals surface area contributed by atoms with Gasteiger partial charge < -0.3 is 10.1 Å². The molecule has 2 rings (SSSR count). The highest BCUT2D eigenvalue weighted by Crippen LogP contribution is 2.16. The van der Waals surface area contributed by atoms with E-state index in [2.05, 4.69) is 12.2 Å². The Bertz CT molecular complexity index is 564. The van der Waals surface area contributed by atoms with Crippen LogP contribution in [0.25, 0.3) is 0 Å². The Labute approximate surface area is 126 Å². The number of hydrogen-bond donors (Lipinski definition) is 1. The van der Waals surface area contributed by atoms with E-state index in [4.69, 9.17) is 4.74 Å². The van der Waals surface area contributed by atoms with E-state index in [1.165, 1.54) is 5.56 Å². The fraction of sp³-hybridized carbons (Fsp3) is 0.278. The van der Waals surface area contributed by atoms with Crippen molar-refractivity contribution in [2.24, 2.45) is 0 Å². The summed E-state index contributed by atoms with van der Waals surface area (Å²) in [5, 5.41) is 2.87. The summed E-state index contributed by atoms with van der Waals surface area (Å²) in [5.41, 5.74) is 2.04. The molecule has 0 aliphatic rings. The first-order valence-corrected chi connectivity index (χ1v) is 7.34. The van der Waals surface area contributed by atoms with Gasteiger partial charge in [-0.2, -0.15) is 0 Å². The third-order valence-corrected chi connectivity index (χ3v) is 3.31. The molecule has 3 nitrogen and oxygen atoms in total. The molecule has 110 valence electrons. The van der Waals surface area contributed by atoms with Gasteiger partial charge in [-0.1, -0.05) is 44.2 Å². The van der Waals surface area contributed by atoms with E-state index < -0.39 is 6.10 Å². The molecule has 0 heterocycles. The van der Waals surface area contributed by atoms with Crippen molar-refractivity contribution in [1.29, 1.82) is 0 Å². The van der Waals surface area contributed by atoms with Crippen molar-refractivity contribution in [1.82, 2.24) is 0 Å². The molecule has 0 aromatic heterocycles. The van der Waals surface area contributed by atoms with E-state index in [-0.39, 0.29) is 5.91 Å². The Kier molecular flexibility index (Phi) is 5.38. The third kappa shape index (κ3) is 4.35. The van der Waals surface area contributed by atoms with Gasteiger partial charge in [0.1, 0.15) is 5.75 Å². The standard InChI is InChI=1S/C18H21NO2/c1-3-14-10-12-16(13-11-14)21-17(4-2)18(20)19-15-8-6-5-7-9-15/h5-13,17H,3-4H2,1-2H3,(H,19,20). The molecule has 0 aliphatic heterocycles. The Morgan fingerprint density at radius 1 is 1.05 bits per heavy atom. The van der Waals surface area contributed by atoms with Crippen LogP contribution in [0.1, 0.15) is 25.8 Å². The molecule has 1 unspecified atom stereocenters. The molecule has 2 aromatic carbocycles. The van der Waals surface area contributed by atoms with Crippen molar-refractivity contribution in [3.63, 3.8) is 0 Å². The maximum Gasteiger partial charge on any atom is 0.265 e. The van der Waals surface area contributed by atoms with Gasteiger partial charge in [-0.25, -0.2) is 0 Å². The number of rotatable bonds is 6. The van der Waals surface area contributed by atoms with Crippen LogP contribution in [0, 0.1) is 0 Å². The topological polar surface area (TPSA) is 38.3 Å². The maximum absolute atomic E-state index is 12.2. The van der Waals surface area contributed by atoms with Crippen LogP contribution < -0.4 is 10.1 Å². The molecule has 2 aromatic rings. The summed E-state index contributed by atoms with van der Waals surface area (Å²) >= 11 is 0. The lowest BCUT2D eigenvalue weighted by atomic mass is 10.1. The zero-order valence-electron chi connectivity index (χ0n) is 12.5. The molecule has 0 aliphatic carbocycles. The highest BCUT2D eigenvalue weighted by atomic mass is 16.5. The minimum Gasteiger partial charge on any atom is -0.481 e. The van der Waals surface area contributed by atoms with Crippen LogP contribution in [0.5, 0.6) is 5.75 Å². The number of nitrogens with one attached hydrogen (secondary N) is 1. The fourth-order valence-electron chi connectivity index (χ4n) is 2.03. The van der Waals surface area contributed by atoms with E-state index in [1.807, 2.05) is 61.5 Å². The van der Waals surface area contributed by atoms with E-state index in [0.29, 0.717) is 6.42 Å². The van der Waals surface area contributed by atoms with Crippen molar-refractivity contribution in [3.8, 4) is 5.75 Å². The van der Waals surface area contributed by atoms with Crippen LogP contribution in [-0.4, -0.2) is 12.0 Å². The summed E-state index contributed by atoms with van der Waals surface area (Å²) in [4.78, 5) is 12.2. The molecule has 0 fully saturated rings. The number of carbonyl (C=O) groups is 1. The zero-order valence-corrected chi connectivity index (χ0v) is 12.5. The molecule has 0 spiro atoms. The van der Waals surface area contributed by atoms with Gasteiger partial charge >= 0.3 is 0 Å². The van der Waals surface area contributed by atoms with Gasteiger partial charge in [0.25, 0.3) is 5.91 Å². The SMILES string of the molecule is CCc1ccc(OC(CC)C(=O)Nc2ccccc2)cc1. The predicted molar refractivity (Wildman–Crippen MR) is 85.6 cm³/mol. The van der Waals surface area contributed by atoms with Gasteiger partial charge in [-0.05, 0) is 42.7 Å². The largest absolute Gasteiger partial charge is 0.481 e. The maximum atomic E-state index is 12.2. The Hall–Kier alpha value is -2.29. The Morgan fingerprint density at radius 2 is 1.71 bits per heavy atom. The Balaban J connectivity index is 1.99. The fourth-order valence-corrected chi connectivity index (χ4v) is 2.03. The monoisotopic (exact) mass is 283 g/mol. The molecule has 0 saturated heterocycles. The van der Waals surface area contributed by atoms with Crippen molar-refractivity contribution < 1.29 is 9.53 Å². The number of hydrogen-bond acceptors (Lipinski definition) is 2. The van der Waals surface area contributed by atoms with Gasteiger partial charge in [0, 0.05) is 5.69 Å². The van der Waals surface area contributed by atoms with Gasteiger partial charge in [-0.3, -0.25) is 4.79 Å². The van der Waals surface area contributed by atoms with Crippen LogP contribution in [0.3, 0.4) is 0 Å². The second kappa shape index (κ2) is 7.48. The number of aryl methyl sites for hydroxylation is 1. The van der Waals surface area contributed by atoms with Crippen LogP contribution in [0.4, 0.5) is 5.69 Å². The lowest BCUT2D eigenvalue weighted by molar-refractivity contribution is -0.122. The first kappa shape index (κ1) is 15.1. The smallest absolute Gasteiger partial charge is 0.265 e. The summed E-state index contributed by atoms with van der Waals surface area (Å²) < 4.78 is 5.79. The van der Waals surface area contributed by atoms with Crippen molar-refractivity contribution in [3.05, 3.63) is 60.2 Å². The second-order valence-electron chi connectivity index (χ2n) is 4.87. The molecule has 0 bridgehead atoms. The predicted octanol–water partition coefficient (Wildman–Crippen LogP) is 4.05. The summed E-state index contributed by atoms with van der Waals surface area (Å²) in [5.74, 6) is 0.602. The second-order valence-corrected chi connectivity index (χ2v) is 4.87. The van der Waals surface area contributed by atoms with Gasteiger partial charge in [-0.15, -0.1) is 0 Å². The molecule has 1 amide bonds. The zero-order chi connectivity index (χ0) is 15.1. The molecule has 21 heavy (non-hydrogen) atoms. The number of anilines is 1. The Morgan fingerprint density at radius 3 is 2.29 bits per heavy atom. The minimum atomic E-state index is -0.488. The minimum absolute atomic E-state index is 0.122. The molecular formula is C18H21NO2. The van der Waals surface area contributed by atoms with Crippen LogP contribution in [0.15, 0.2) is 54.6 Å². The number of benzene rings is 2. The molecule has 0 saturated carbocycles. The lowest BCUT2D eigenvalue weighted by Gasteiger charge is -2.17. The van der Waals surface area contributed by atoms with Crippen LogP contribution in [0.2, 0.25) is 0 Å². The van der Waals surface area contributed by atoms with Gasteiger partial charge in [0.2, 0.25) is 0 Å². The quantitative estimate of drug-likeness (QED) is 0.868. The van der Waals surface area contributed by atoms with Crippen LogP contribution >= 0.6 is 0 Å². The van der Waals surface area contributed by atoms with Crippen molar-refractivity contribution >= 4 is 11.6 Å². The van der Waals surface area contributed by atoms with Crippen LogP contribution in [-0.2, 0) is 11.2 Å². The van der Waals surface area contributed by atoms with Gasteiger partial charge in [0.05, 0.1) is 0 Å². The first-order valence-electron chi connectivity index (χ1n) is 7.34.